The zero-order chi connectivity index (χ0) is 18.4. The first-order valence-corrected chi connectivity index (χ1v) is 9.97. The molecule has 3 rings (SSSR count). The lowest BCUT2D eigenvalue weighted by Gasteiger charge is -2.06. The lowest BCUT2D eigenvalue weighted by molar-refractivity contribution is 0.104. The largest absolute Gasteiger partial charge is 0.494 e. The van der Waals surface area contributed by atoms with E-state index in [-0.39, 0.29) is 16.5 Å². The van der Waals surface area contributed by atoms with Gasteiger partial charge in [0.05, 0.1) is 22.2 Å². The maximum Gasteiger partial charge on any atom is 0.342 e. The maximum atomic E-state index is 12.7. The predicted octanol–water partition coefficient (Wildman–Crippen LogP) is 2.81. The van der Waals surface area contributed by atoms with Crippen molar-refractivity contribution in [2.45, 2.75) is 0 Å². The number of ketones is 1. The molecule has 0 saturated heterocycles. The molecule has 0 aliphatic carbocycles. The Kier molecular flexibility index (Phi) is 4.31. The van der Waals surface area contributed by atoms with E-state index in [0.29, 0.717) is 9.90 Å². The summed E-state index contributed by atoms with van der Waals surface area (Å²) < 4.78 is 25.2. The summed E-state index contributed by atoms with van der Waals surface area (Å²) in [6.45, 7) is 0. The van der Waals surface area contributed by atoms with Crippen molar-refractivity contribution in [3.63, 3.8) is 0 Å². The number of thiophene rings is 1. The van der Waals surface area contributed by atoms with Crippen LogP contribution in [0.25, 0.3) is 10.9 Å². The molecule has 2 heterocycles. The topological polar surface area (TPSA) is 105 Å². The highest BCUT2D eigenvalue weighted by Crippen LogP contribution is 2.35. The van der Waals surface area contributed by atoms with Crippen LogP contribution in [0.5, 0.6) is 5.88 Å². The van der Waals surface area contributed by atoms with Crippen molar-refractivity contribution < 1.29 is 23.1 Å². The van der Waals surface area contributed by atoms with Crippen molar-refractivity contribution >= 4 is 55.7 Å². The molecule has 10 heteroatoms. The van der Waals surface area contributed by atoms with Crippen molar-refractivity contribution in [2.24, 2.45) is 0 Å². The number of aromatic hydroxyl groups is 1. The summed E-state index contributed by atoms with van der Waals surface area (Å²) in [6, 6.07) is 6.48. The van der Waals surface area contributed by atoms with Crippen molar-refractivity contribution in [3.8, 4) is 5.88 Å². The van der Waals surface area contributed by atoms with E-state index >= 15 is 0 Å². The van der Waals surface area contributed by atoms with E-state index in [0.717, 1.165) is 10.8 Å². The van der Waals surface area contributed by atoms with E-state index in [4.69, 9.17) is 11.6 Å². The predicted molar refractivity (Wildman–Crippen MR) is 95.1 cm³/mol. The average molecular weight is 399 g/mol. The Balaban J connectivity index is 2.27. The standard InChI is InChI=1S/C15H11ClN2O5S2/c1-25(22,23)17-15(21)18-10-5-4-8(16)7-9(10)12(14(18)20)13(19)11-3-2-6-24-11/h2-7,20H,1H3,(H,17,21). The molecule has 25 heavy (non-hydrogen) atoms. The minimum absolute atomic E-state index is 0.122. The average Bonchev–Trinajstić information content (AvgIpc) is 3.10. The van der Waals surface area contributed by atoms with Crippen molar-refractivity contribution in [1.82, 2.24) is 9.29 Å². The molecule has 0 aliphatic rings. The van der Waals surface area contributed by atoms with Gasteiger partial charge in [-0.1, -0.05) is 17.7 Å². The number of benzene rings is 1. The first-order valence-electron chi connectivity index (χ1n) is 6.82. The van der Waals surface area contributed by atoms with Gasteiger partial charge in [0.15, 0.2) is 0 Å². The first kappa shape index (κ1) is 17.5. The number of amides is 1. The van der Waals surface area contributed by atoms with E-state index in [1.54, 1.807) is 22.2 Å². The van der Waals surface area contributed by atoms with Gasteiger partial charge in [0.25, 0.3) is 0 Å². The summed E-state index contributed by atoms with van der Waals surface area (Å²) in [7, 11) is -3.86. The van der Waals surface area contributed by atoms with E-state index in [2.05, 4.69) is 0 Å². The number of carbonyl (C=O) groups is 2. The fraction of sp³-hybridized carbons (Fsp3) is 0.0667. The van der Waals surface area contributed by atoms with Crippen LogP contribution in [0.15, 0.2) is 35.7 Å². The fourth-order valence-corrected chi connectivity index (χ4v) is 3.67. The van der Waals surface area contributed by atoms with Crippen molar-refractivity contribution in [2.75, 3.05) is 6.26 Å². The van der Waals surface area contributed by atoms with Crippen LogP contribution in [0, 0.1) is 0 Å². The number of hydrogen-bond donors (Lipinski definition) is 2. The summed E-state index contributed by atoms with van der Waals surface area (Å²) in [4.78, 5) is 25.4. The smallest absolute Gasteiger partial charge is 0.342 e. The van der Waals surface area contributed by atoms with E-state index < -0.39 is 27.7 Å². The Morgan fingerprint density at radius 1 is 1.28 bits per heavy atom. The van der Waals surface area contributed by atoms with Gasteiger partial charge in [-0.05, 0) is 29.6 Å². The normalized spacial score (nSPS) is 11.6. The third-order valence-corrected chi connectivity index (χ3v) is 5.00. The van der Waals surface area contributed by atoms with Gasteiger partial charge in [-0.2, -0.15) is 0 Å². The van der Waals surface area contributed by atoms with Crippen LogP contribution in [-0.4, -0.2) is 36.2 Å². The summed E-state index contributed by atoms with van der Waals surface area (Å²) in [5, 5.41) is 12.7. The van der Waals surface area contributed by atoms with Crippen LogP contribution in [0.4, 0.5) is 4.79 Å². The quantitative estimate of drug-likeness (QED) is 0.660. The molecule has 0 unspecified atom stereocenters. The summed E-state index contributed by atoms with van der Waals surface area (Å²) in [5.41, 5.74) is 0.0338. The van der Waals surface area contributed by atoms with Gasteiger partial charge in [0.2, 0.25) is 21.7 Å². The second-order valence-electron chi connectivity index (χ2n) is 5.18. The number of nitrogens with one attached hydrogen (secondary N) is 1. The molecule has 2 aromatic heterocycles. The van der Waals surface area contributed by atoms with Crippen molar-refractivity contribution in [1.29, 1.82) is 0 Å². The van der Waals surface area contributed by atoms with Gasteiger partial charge in [-0.3, -0.25) is 4.79 Å². The lowest BCUT2D eigenvalue weighted by atomic mass is 10.1. The number of sulfonamides is 1. The minimum atomic E-state index is -3.86. The van der Waals surface area contributed by atoms with Gasteiger partial charge in [0, 0.05) is 10.4 Å². The zero-order valence-electron chi connectivity index (χ0n) is 12.7. The third-order valence-electron chi connectivity index (χ3n) is 3.35. The molecule has 0 fully saturated rings. The SMILES string of the molecule is CS(=O)(=O)NC(=O)n1c(O)c(C(=O)c2cccs2)c2cc(Cl)ccc21. The lowest BCUT2D eigenvalue weighted by Crippen LogP contribution is -2.33. The molecule has 1 aromatic carbocycles. The van der Waals surface area contributed by atoms with Crippen LogP contribution in [0.2, 0.25) is 5.02 Å². The van der Waals surface area contributed by atoms with Crippen molar-refractivity contribution in [3.05, 3.63) is 51.2 Å². The molecule has 0 aliphatic heterocycles. The number of carbonyl (C=O) groups excluding carboxylic acids is 2. The van der Waals surface area contributed by atoms with Crippen LogP contribution < -0.4 is 4.72 Å². The third kappa shape index (κ3) is 3.26. The Hall–Kier alpha value is -2.36. The van der Waals surface area contributed by atoms with Crippen LogP contribution in [-0.2, 0) is 10.0 Å². The number of nitrogens with zero attached hydrogens (tertiary/aromatic N) is 1. The maximum absolute atomic E-state index is 12.7. The van der Waals surface area contributed by atoms with E-state index in [1.807, 2.05) is 0 Å². The van der Waals surface area contributed by atoms with E-state index in [1.165, 1.54) is 29.5 Å². The molecule has 1 amide bonds. The molecule has 7 nitrogen and oxygen atoms in total. The van der Waals surface area contributed by atoms with Gasteiger partial charge < -0.3 is 5.11 Å². The molecule has 3 aromatic rings. The van der Waals surface area contributed by atoms with Gasteiger partial charge >= 0.3 is 6.03 Å². The fourth-order valence-electron chi connectivity index (χ4n) is 2.41. The van der Waals surface area contributed by atoms with Crippen LogP contribution >= 0.6 is 22.9 Å². The number of hydrogen-bond acceptors (Lipinski definition) is 6. The minimum Gasteiger partial charge on any atom is -0.494 e. The molecular weight excluding hydrogens is 388 g/mol. The Morgan fingerprint density at radius 2 is 2.00 bits per heavy atom. The second kappa shape index (κ2) is 6.17. The Morgan fingerprint density at radius 3 is 2.60 bits per heavy atom. The molecule has 0 bridgehead atoms. The Bertz CT molecular complexity index is 1100. The molecule has 0 radical (unpaired) electrons. The molecule has 0 atom stereocenters. The highest BCUT2D eigenvalue weighted by Gasteiger charge is 2.28. The highest BCUT2D eigenvalue weighted by molar-refractivity contribution is 7.89. The molecule has 0 spiro atoms. The van der Waals surface area contributed by atoms with Crippen LogP contribution in [0.1, 0.15) is 15.2 Å². The van der Waals surface area contributed by atoms with Gasteiger partial charge in [-0.25, -0.2) is 22.5 Å². The van der Waals surface area contributed by atoms with Gasteiger partial charge in [-0.15, -0.1) is 11.3 Å². The number of halogens is 1. The summed E-state index contributed by atoms with van der Waals surface area (Å²) in [5.74, 6) is -1.15. The summed E-state index contributed by atoms with van der Waals surface area (Å²) in [6.07, 6.45) is 0.808. The second-order valence-corrected chi connectivity index (χ2v) is 8.31. The molecule has 130 valence electrons. The number of rotatable bonds is 3. The molecule has 2 N–H and O–H groups in total. The Labute approximate surface area is 151 Å². The number of aromatic nitrogens is 1. The molecule has 0 saturated carbocycles. The number of fused-ring (bicyclic) bond motifs is 1. The highest BCUT2D eigenvalue weighted by atomic mass is 35.5. The zero-order valence-corrected chi connectivity index (χ0v) is 15.1. The van der Waals surface area contributed by atoms with Crippen LogP contribution in [0.3, 0.4) is 0 Å². The molecular formula is C15H11ClN2O5S2. The van der Waals surface area contributed by atoms with Gasteiger partial charge in [0.1, 0.15) is 0 Å². The first-order chi connectivity index (χ1) is 11.7. The monoisotopic (exact) mass is 398 g/mol. The van der Waals surface area contributed by atoms with E-state index in [9.17, 15) is 23.1 Å². The summed E-state index contributed by atoms with van der Waals surface area (Å²) >= 11 is 7.15.